The smallest absolute Gasteiger partial charge is 0.270 e. The van der Waals surface area contributed by atoms with Gasteiger partial charge in [0, 0.05) is 48.7 Å². The van der Waals surface area contributed by atoms with Crippen LogP contribution in [-0.2, 0) is 4.79 Å². The number of carbonyl (C=O) groups is 1. The van der Waals surface area contributed by atoms with Crippen molar-refractivity contribution in [2.45, 2.75) is 50.6 Å². The molecule has 2 aliphatic heterocycles. The van der Waals surface area contributed by atoms with Crippen LogP contribution in [0.3, 0.4) is 0 Å². The molecular formula is C26H29Cl3N4O. The Morgan fingerprint density at radius 3 is 2.21 bits per heavy atom. The number of piperazine rings is 1. The Kier molecular flexibility index (Phi) is 7.35. The standard InChI is InChI=1S/C26H29Cl3N4O/c27-19-8-6-18(7-9-19)25-17-23(30-33(25)24-11-10-20(28)16-22(24)29)26(34)32-14-12-31(13-15-32)21-4-2-1-3-5-21/h6-11,16,21,25H,1-5,12-15,17H2. The molecule has 2 aromatic rings. The molecule has 1 atom stereocenters. The van der Waals surface area contributed by atoms with Crippen LogP contribution in [0.25, 0.3) is 0 Å². The summed E-state index contributed by atoms with van der Waals surface area (Å²) in [5, 5.41) is 8.39. The lowest BCUT2D eigenvalue weighted by atomic mass is 9.94. The highest BCUT2D eigenvalue weighted by Gasteiger charge is 2.36. The Morgan fingerprint density at radius 2 is 1.53 bits per heavy atom. The molecule has 8 heteroatoms. The van der Waals surface area contributed by atoms with E-state index in [2.05, 4.69) is 4.90 Å². The molecule has 0 N–H and O–H groups in total. The molecule has 3 aliphatic rings. The average molecular weight is 520 g/mol. The van der Waals surface area contributed by atoms with Crippen LogP contribution in [0.1, 0.15) is 50.1 Å². The second-order valence-corrected chi connectivity index (χ2v) is 10.7. The van der Waals surface area contributed by atoms with Crippen molar-refractivity contribution < 1.29 is 4.79 Å². The van der Waals surface area contributed by atoms with Gasteiger partial charge in [-0.1, -0.05) is 66.2 Å². The summed E-state index contributed by atoms with van der Waals surface area (Å²) < 4.78 is 0. The summed E-state index contributed by atoms with van der Waals surface area (Å²) in [7, 11) is 0. The van der Waals surface area contributed by atoms with E-state index in [4.69, 9.17) is 39.9 Å². The van der Waals surface area contributed by atoms with Gasteiger partial charge < -0.3 is 4.90 Å². The van der Waals surface area contributed by atoms with Crippen LogP contribution in [0.2, 0.25) is 15.1 Å². The number of hydrogen-bond donors (Lipinski definition) is 0. The van der Waals surface area contributed by atoms with Gasteiger partial charge in [0.2, 0.25) is 0 Å². The number of nitrogens with zero attached hydrogens (tertiary/aromatic N) is 4. The first-order valence-corrected chi connectivity index (χ1v) is 13.2. The van der Waals surface area contributed by atoms with Crippen molar-refractivity contribution in [3.05, 3.63) is 63.1 Å². The zero-order valence-electron chi connectivity index (χ0n) is 19.1. The van der Waals surface area contributed by atoms with Gasteiger partial charge in [-0.05, 0) is 48.7 Å². The number of carbonyl (C=O) groups excluding carboxylic acids is 1. The number of rotatable bonds is 4. The topological polar surface area (TPSA) is 39.2 Å². The minimum absolute atomic E-state index is 0.0230. The van der Waals surface area contributed by atoms with E-state index in [1.54, 1.807) is 12.1 Å². The summed E-state index contributed by atoms with van der Waals surface area (Å²) in [6.45, 7) is 3.39. The number of hydrazone groups is 1. The van der Waals surface area contributed by atoms with Crippen LogP contribution < -0.4 is 5.01 Å². The summed E-state index contributed by atoms with van der Waals surface area (Å²) in [4.78, 5) is 18.0. The second-order valence-electron chi connectivity index (χ2n) is 9.38. The van der Waals surface area contributed by atoms with Crippen molar-refractivity contribution >= 4 is 52.1 Å². The molecule has 5 rings (SSSR count). The van der Waals surface area contributed by atoms with E-state index in [-0.39, 0.29) is 11.9 Å². The maximum Gasteiger partial charge on any atom is 0.270 e. The molecule has 1 saturated carbocycles. The molecule has 5 nitrogen and oxygen atoms in total. The normalized spacial score (nSPS) is 22.2. The van der Waals surface area contributed by atoms with Crippen LogP contribution in [-0.4, -0.2) is 53.6 Å². The van der Waals surface area contributed by atoms with E-state index in [9.17, 15) is 4.79 Å². The zero-order chi connectivity index (χ0) is 23.7. The highest BCUT2D eigenvalue weighted by atomic mass is 35.5. The molecule has 1 aliphatic carbocycles. The highest BCUT2D eigenvalue weighted by Crippen LogP contribution is 2.40. The molecule has 180 valence electrons. The maximum atomic E-state index is 13.5. The highest BCUT2D eigenvalue weighted by molar-refractivity contribution is 6.40. The predicted molar refractivity (Wildman–Crippen MR) is 140 cm³/mol. The Bertz CT molecular complexity index is 1060. The van der Waals surface area contributed by atoms with Crippen LogP contribution in [0.4, 0.5) is 5.69 Å². The molecule has 0 radical (unpaired) electrons. The fourth-order valence-corrected chi connectivity index (χ4v) is 6.01. The molecule has 0 aromatic heterocycles. The van der Waals surface area contributed by atoms with Gasteiger partial charge in [0.05, 0.1) is 16.8 Å². The predicted octanol–water partition coefficient (Wildman–Crippen LogP) is 6.43. The third-order valence-corrected chi connectivity index (χ3v) is 8.05. The summed E-state index contributed by atoms with van der Waals surface area (Å²) in [6, 6.07) is 13.6. The lowest BCUT2D eigenvalue weighted by Gasteiger charge is -2.40. The van der Waals surface area contributed by atoms with Crippen molar-refractivity contribution in [1.82, 2.24) is 9.80 Å². The number of anilines is 1. The number of benzene rings is 2. The summed E-state index contributed by atoms with van der Waals surface area (Å²) >= 11 is 18.8. The first kappa shape index (κ1) is 23.9. The monoisotopic (exact) mass is 518 g/mol. The van der Waals surface area contributed by atoms with Crippen molar-refractivity contribution in [3.8, 4) is 0 Å². The molecular weight excluding hydrogens is 491 g/mol. The number of amides is 1. The molecule has 2 heterocycles. The number of hydrogen-bond acceptors (Lipinski definition) is 4. The third kappa shape index (κ3) is 5.08. The van der Waals surface area contributed by atoms with Gasteiger partial charge in [0.25, 0.3) is 5.91 Å². The minimum Gasteiger partial charge on any atom is -0.335 e. The lowest BCUT2D eigenvalue weighted by molar-refractivity contribution is -0.126. The van der Waals surface area contributed by atoms with Gasteiger partial charge in [-0.3, -0.25) is 14.7 Å². The average Bonchev–Trinajstić information content (AvgIpc) is 3.30. The summed E-state index contributed by atoms with van der Waals surface area (Å²) in [5.41, 5.74) is 2.33. The van der Waals surface area contributed by atoms with E-state index < -0.39 is 0 Å². The Labute approximate surface area is 216 Å². The molecule has 1 unspecified atom stereocenters. The summed E-state index contributed by atoms with van der Waals surface area (Å²) in [6.07, 6.45) is 7.12. The zero-order valence-corrected chi connectivity index (χ0v) is 21.4. The lowest BCUT2D eigenvalue weighted by Crippen LogP contribution is -2.53. The second kappa shape index (κ2) is 10.4. The van der Waals surface area contributed by atoms with Crippen LogP contribution in [0.15, 0.2) is 47.6 Å². The SMILES string of the molecule is O=C(C1=NN(c2ccc(Cl)cc2Cl)C(c2ccc(Cl)cc2)C1)N1CCN(C2CCCCC2)CC1. The Hall–Kier alpha value is -1.79. The van der Waals surface area contributed by atoms with Crippen molar-refractivity contribution in [2.75, 3.05) is 31.2 Å². The molecule has 0 bridgehead atoms. The van der Waals surface area contributed by atoms with E-state index >= 15 is 0 Å². The van der Waals surface area contributed by atoms with Gasteiger partial charge in [-0.2, -0.15) is 5.10 Å². The van der Waals surface area contributed by atoms with Gasteiger partial charge in [-0.25, -0.2) is 0 Å². The maximum absolute atomic E-state index is 13.5. The molecule has 2 fully saturated rings. The first-order chi connectivity index (χ1) is 16.5. The largest absolute Gasteiger partial charge is 0.335 e. The van der Waals surface area contributed by atoms with Crippen LogP contribution in [0, 0.1) is 0 Å². The molecule has 1 amide bonds. The van der Waals surface area contributed by atoms with Gasteiger partial charge >= 0.3 is 0 Å². The molecule has 0 spiro atoms. The summed E-state index contributed by atoms with van der Waals surface area (Å²) in [5.74, 6) is 0.0230. The van der Waals surface area contributed by atoms with Crippen LogP contribution in [0.5, 0.6) is 0 Å². The quantitative estimate of drug-likeness (QED) is 0.467. The molecule has 1 saturated heterocycles. The van der Waals surface area contributed by atoms with E-state index in [1.807, 2.05) is 40.2 Å². The van der Waals surface area contributed by atoms with E-state index in [0.717, 1.165) is 37.4 Å². The van der Waals surface area contributed by atoms with Crippen molar-refractivity contribution in [1.29, 1.82) is 0 Å². The fraction of sp³-hybridized carbons (Fsp3) is 0.462. The van der Waals surface area contributed by atoms with Gasteiger partial charge in [0.15, 0.2) is 0 Å². The molecule has 2 aromatic carbocycles. The number of halogens is 3. The van der Waals surface area contributed by atoms with Gasteiger partial charge in [0.1, 0.15) is 5.71 Å². The van der Waals surface area contributed by atoms with E-state index in [0.29, 0.717) is 33.2 Å². The fourth-order valence-electron chi connectivity index (χ4n) is 5.39. The third-order valence-electron chi connectivity index (χ3n) is 7.26. The Balaban J connectivity index is 1.34. The Morgan fingerprint density at radius 1 is 0.853 bits per heavy atom. The van der Waals surface area contributed by atoms with Crippen molar-refractivity contribution in [3.63, 3.8) is 0 Å². The van der Waals surface area contributed by atoms with Gasteiger partial charge in [-0.15, -0.1) is 0 Å². The van der Waals surface area contributed by atoms with Crippen LogP contribution >= 0.6 is 34.8 Å². The first-order valence-electron chi connectivity index (χ1n) is 12.1. The molecule has 34 heavy (non-hydrogen) atoms. The van der Waals surface area contributed by atoms with E-state index in [1.165, 1.54) is 32.1 Å². The van der Waals surface area contributed by atoms with Crippen molar-refractivity contribution in [2.24, 2.45) is 5.10 Å². The minimum atomic E-state index is -0.140.